The van der Waals surface area contributed by atoms with E-state index in [1.807, 2.05) is 18.0 Å². The van der Waals surface area contributed by atoms with Gasteiger partial charge in [0, 0.05) is 18.4 Å². The van der Waals surface area contributed by atoms with Crippen LogP contribution in [0.15, 0.2) is 6.20 Å². The van der Waals surface area contributed by atoms with Crippen LogP contribution in [-0.4, -0.2) is 22.3 Å². The van der Waals surface area contributed by atoms with Crippen LogP contribution < -0.4 is 5.32 Å². The second-order valence-electron chi connectivity index (χ2n) is 4.02. The van der Waals surface area contributed by atoms with Crippen molar-refractivity contribution in [2.24, 2.45) is 5.92 Å². The highest BCUT2D eigenvalue weighted by molar-refractivity contribution is 7.98. The van der Waals surface area contributed by atoms with E-state index < -0.39 is 0 Å². The smallest absolute Gasteiger partial charge is 0.116 e. The van der Waals surface area contributed by atoms with Gasteiger partial charge >= 0.3 is 0 Å². The van der Waals surface area contributed by atoms with E-state index in [0.717, 1.165) is 30.4 Å². The quantitative estimate of drug-likeness (QED) is 0.751. The van der Waals surface area contributed by atoms with Gasteiger partial charge in [0.05, 0.1) is 5.75 Å². The zero-order valence-electron chi connectivity index (χ0n) is 9.84. The molecule has 0 aliphatic heterocycles. The Labute approximate surface area is 96.5 Å². The molecule has 0 saturated heterocycles. The Morgan fingerprint density at radius 3 is 3.00 bits per heavy atom. The molecular formula is C11H21N3S. The normalized spacial score (nSPS) is 11.2. The molecule has 0 atom stereocenters. The predicted molar refractivity (Wildman–Crippen MR) is 67.0 cm³/mol. The number of H-pyrrole nitrogens is 1. The van der Waals surface area contributed by atoms with Gasteiger partial charge in [0.15, 0.2) is 0 Å². The van der Waals surface area contributed by atoms with E-state index in [1.165, 1.54) is 5.69 Å². The fourth-order valence-electron chi connectivity index (χ4n) is 1.26. The predicted octanol–water partition coefficient (Wildman–Crippen LogP) is 2.41. The molecule has 86 valence electrons. The molecule has 2 N–H and O–H groups in total. The molecule has 0 unspecified atom stereocenters. The van der Waals surface area contributed by atoms with E-state index in [9.17, 15) is 0 Å². The van der Waals surface area contributed by atoms with E-state index in [4.69, 9.17) is 0 Å². The standard InChI is InChI=1S/C11H21N3S/c1-4-15-8-11-13-7-10(14-11)6-12-5-9(2)3/h7,9,12H,4-6,8H2,1-3H3,(H,13,14). The maximum atomic E-state index is 4.34. The van der Waals surface area contributed by atoms with Gasteiger partial charge in [0.2, 0.25) is 0 Å². The summed E-state index contributed by atoms with van der Waals surface area (Å²) in [6, 6.07) is 0. The lowest BCUT2D eigenvalue weighted by Crippen LogP contribution is -2.19. The molecular weight excluding hydrogens is 206 g/mol. The molecule has 0 spiro atoms. The summed E-state index contributed by atoms with van der Waals surface area (Å²) in [5.41, 5.74) is 1.18. The summed E-state index contributed by atoms with van der Waals surface area (Å²) in [5.74, 6) is 3.91. The molecule has 1 aromatic heterocycles. The number of thioether (sulfide) groups is 1. The lowest BCUT2D eigenvalue weighted by Gasteiger charge is -2.05. The molecule has 15 heavy (non-hydrogen) atoms. The van der Waals surface area contributed by atoms with Gasteiger partial charge < -0.3 is 10.3 Å². The summed E-state index contributed by atoms with van der Waals surface area (Å²) in [4.78, 5) is 7.66. The topological polar surface area (TPSA) is 40.7 Å². The lowest BCUT2D eigenvalue weighted by molar-refractivity contribution is 0.549. The first-order chi connectivity index (χ1) is 7.22. The van der Waals surface area contributed by atoms with E-state index in [-0.39, 0.29) is 0 Å². The van der Waals surface area contributed by atoms with E-state index in [1.54, 1.807) is 0 Å². The highest BCUT2D eigenvalue weighted by atomic mass is 32.2. The van der Waals surface area contributed by atoms with Crippen LogP contribution in [0.25, 0.3) is 0 Å². The first kappa shape index (κ1) is 12.6. The van der Waals surface area contributed by atoms with E-state index in [2.05, 4.69) is 36.1 Å². The fraction of sp³-hybridized carbons (Fsp3) is 0.727. The molecule has 1 heterocycles. The van der Waals surface area contributed by atoms with Crippen molar-refractivity contribution in [1.29, 1.82) is 0 Å². The number of aromatic amines is 1. The molecule has 1 aromatic rings. The summed E-state index contributed by atoms with van der Waals surface area (Å²) < 4.78 is 0. The number of nitrogens with zero attached hydrogens (tertiary/aromatic N) is 1. The van der Waals surface area contributed by atoms with Crippen LogP contribution in [0.1, 0.15) is 32.3 Å². The largest absolute Gasteiger partial charge is 0.344 e. The molecule has 0 aromatic carbocycles. The van der Waals surface area contributed by atoms with Crippen molar-refractivity contribution in [3.63, 3.8) is 0 Å². The van der Waals surface area contributed by atoms with Gasteiger partial charge in [0.25, 0.3) is 0 Å². The third kappa shape index (κ3) is 5.23. The first-order valence-corrected chi connectivity index (χ1v) is 6.69. The molecule has 0 fully saturated rings. The molecule has 0 aliphatic carbocycles. The van der Waals surface area contributed by atoms with Crippen LogP contribution in [0, 0.1) is 5.92 Å². The number of hydrogen-bond donors (Lipinski definition) is 2. The summed E-state index contributed by atoms with van der Waals surface area (Å²) in [7, 11) is 0. The molecule has 0 aliphatic rings. The third-order valence-electron chi connectivity index (χ3n) is 1.99. The van der Waals surface area contributed by atoms with Gasteiger partial charge in [-0.25, -0.2) is 4.98 Å². The first-order valence-electron chi connectivity index (χ1n) is 5.53. The van der Waals surface area contributed by atoms with Crippen LogP contribution in [0.5, 0.6) is 0 Å². The maximum Gasteiger partial charge on any atom is 0.116 e. The SMILES string of the molecule is CCSCc1ncc(CNCC(C)C)[nH]1. The minimum Gasteiger partial charge on any atom is -0.344 e. The molecule has 4 heteroatoms. The van der Waals surface area contributed by atoms with Crippen molar-refractivity contribution in [2.75, 3.05) is 12.3 Å². The minimum absolute atomic E-state index is 0.697. The van der Waals surface area contributed by atoms with Gasteiger partial charge in [-0.05, 0) is 18.2 Å². The fourth-order valence-corrected chi connectivity index (χ4v) is 1.81. The third-order valence-corrected chi connectivity index (χ3v) is 2.88. The molecule has 0 radical (unpaired) electrons. The average molecular weight is 227 g/mol. The second kappa shape index (κ2) is 6.90. The van der Waals surface area contributed by atoms with Crippen molar-refractivity contribution in [1.82, 2.24) is 15.3 Å². The number of imidazole rings is 1. The van der Waals surface area contributed by atoms with Crippen LogP contribution in [0.3, 0.4) is 0 Å². The monoisotopic (exact) mass is 227 g/mol. The zero-order chi connectivity index (χ0) is 11.1. The molecule has 3 nitrogen and oxygen atoms in total. The Morgan fingerprint density at radius 1 is 1.53 bits per heavy atom. The molecule has 0 saturated carbocycles. The van der Waals surface area contributed by atoms with Crippen molar-refractivity contribution in [3.8, 4) is 0 Å². The molecule has 0 bridgehead atoms. The Morgan fingerprint density at radius 2 is 2.33 bits per heavy atom. The van der Waals surface area contributed by atoms with Gasteiger partial charge in [-0.15, -0.1) is 0 Å². The summed E-state index contributed by atoms with van der Waals surface area (Å²) in [6.45, 7) is 8.53. The zero-order valence-corrected chi connectivity index (χ0v) is 10.7. The number of aromatic nitrogens is 2. The lowest BCUT2D eigenvalue weighted by atomic mass is 10.2. The summed E-state index contributed by atoms with van der Waals surface area (Å²) in [6.07, 6.45) is 1.93. The highest BCUT2D eigenvalue weighted by Gasteiger charge is 2.00. The number of hydrogen-bond acceptors (Lipinski definition) is 3. The Kier molecular flexibility index (Phi) is 5.79. The van der Waals surface area contributed by atoms with Crippen molar-refractivity contribution in [2.45, 2.75) is 33.1 Å². The average Bonchev–Trinajstić information content (AvgIpc) is 2.62. The van der Waals surface area contributed by atoms with Gasteiger partial charge in [-0.1, -0.05) is 20.8 Å². The van der Waals surface area contributed by atoms with Crippen LogP contribution in [-0.2, 0) is 12.3 Å². The molecule has 1 rings (SSSR count). The van der Waals surface area contributed by atoms with Gasteiger partial charge in [0.1, 0.15) is 5.82 Å². The summed E-state index contributed by atoms with van der Waals surface area (Å²) >= 11 is 1.89. The van der Waals surface area contributed by atoms with Gasteiger partial charge in [-0.3, -0.25) is 0 Å². The van der Waals surface area contributed by atoms with E-state index >= 15 is 0 Å². The number of rotatable bonds is 7. The van der Waals surface area contributed by atoms with Crippen molar-refractivity contribution < 1.29 is 0 Å². The second-order valence-corrected chi connectivity index (χ2v) is 5.29. The maximum absolute atomic E-state index is 4.34. The van der Waals surface area contributed by atoms with Gasteiger partial charge in [-0.2, -0.15) is 11.8 Å². The minimum atomic E-state index is 0.697. The van der Waals surface area contributed by atoms with Crippen LogP contribution >= 0.6 is 11.8 Å². The highest BCUT2D eigenvalue weighted by Crippen LogP contribution is 2.08. The van der Waals surface area contributed by atoms with Crippen LogP contribution in [0.4, 0.5) is 0 Å². The molecule has 0 amide bonds. The Hall–Kier alpha value is -0.480. The van der Waals surface area contributed by atoms with Crippen molar-refractivity contribution in [3.05, 3.63) is 17.7 Å². The Balaban J connectivity index is 2.26. The van der Waals surface area contributed by atoms with Crippen molar-refractivity contribution >= 4 is 11.8 Å². The summed E-state index contributed by atoms with van der Waals surface area (Å²) in [5, 5.41) is 3.39. The Bertz CT molecular complexity index is 271. The number of nitrogens with one attached hydrogen (secondary N) is 2. The van der Waals surface area contributed by atoms with E-state index in [0.29, 0.717) is 5.92 Å². The van der Waals surface area contributed by atoms with Crippen LogP contribution in [0.2, 0.25) is 0 Å².